The molecule has 2 atom stereocenters. The first kappa shape index (κ1) is 22.0. The summed E-state index contributed by atoms with van der Waals surface area (Å²) in [5.74, 6) is -0.319. The molecule has 0 aromatic heterocycles. The Hall–Kier alpha value is -2.67. The Morgan fingerprint density at radius 2 is 1.90 bits per heavy atom. The van der Waals surface area contributed by atoms with E-state index < -0.39 is 11.8 Å². The topological polar surface area (TPSA) is 71.4 Å². The molecule has 1 amide bonds. The highest BCUT2D eigenvalue weighted by Crippen LogP contribution is 2.27. The highest BCUT2D eigenvalue weighted by Gasteiger charge is 2.40. The van der Waals surface area contributed by atoms with Gasteiger partial charge in [0, 0.05) is 25.3 Å². The van der Waals surface area contributed by atoms with Crippen LogP contribution in [0.25, 0.3) is 0 Å². The summed E-state index contributed by atoms with van der Waals surface area (Å²) < 4.78 is 10.7. The highest BCUT2D eigenvalue weighted by atomic mass is 16.6. The van der Waals surface area contributed by atoms with Crippen LogP contribution in [-0.4, -0.2) is 65.1 Å². The van der Waals surface area contributed by atoms with Crippen LogP contribution in [-0.2, 0) is 20.8 Å². The normalized spacial score (nSPS) is 21.6. The molecule has 0 N–H and O–H groups in total. The summed E-state index contributed by atoms with van der Waals surface area (Å²) in [5, 5.41) is 0. The Morgan fingerprint density at radius 1 is 1.17 bits per heavy atom. The van der Waals surface area contributed by atoms with Gasteiger partial charge >= 0.3 is 12.1 Å². The van der Waals surface area contributed by atoms with E-state index in [0.717, 1.165) is 6.54 Å². The summed E-state index contributed by atoms with van der Waals surface area (Å²) in [4.78, 5) is 33.5. The number of hydrogen-bond donors (Lipinski definition) is 0. The summed E-state index contributed by atoms with van der Waals surface area (Å²) in [5.41, 5.74) is 1.23. The number of piperazine rings is 1. The van der Waals surface area contributed by atoms with E-state index in [1.54, 1.807) is 11.8 Å². The van der Waals surface area contributed by atoms with Crippen LogP contribution in [0.1, 0.15) is 39.7 Å². The minimum Gasteiger partial charge on any atom is -0.466 e. The number of nitrogens with zero attached hydrogens (tertiary/aromatic N) is 3. The lowest BCUT2D eigenvalue weighted by atomic mass is 10.0. The van der Waals surface area contributed by atoms with Crippen molar-refractivity contribution in [1.29, 1.82) is 0 Å². The molecule has 0 saturated carbocycles. The van der Waals surface area contributed by atoms with Gasteiger partial charge in [-0.25, -0.2) is 4.79 Å². The van der Waals surface area contributed by atoms with E-state index in [1.165, 1.54) is 5.56 Å². The SMILES string of the molecule is CCOC(=O)CC1=NC2C(C=C1)N(Cc1ccccc1)CCN2C(=O)OC(C)(C)C. The fourth-order valence-electron chi connectivity index (χ4n) is 3.67. The van der Waals surface area contributed by atoms with Crippen molar-refractivity contribution in [3.8, 4) is 0 Å². The number of aliphatic imine (C=N–C) groups is 1. The van der Waals surface area contributed by atoms with Crippen molar-refractivity contribution in [3.63, 3.8) is 0 Å². The van der Waals surface area contributed by atoms with Crippen LogP contribution < -0.4 is 0 Å². The molecule has 0 bridgehead atoms. The van der Waals surface area contributed by atoms with Crippen molar-refractivity contribution in [3.05, 3.63) is 48.0 Å². The molecule has 2 unspecified atom stereocenters. The Bertz CT molecular complexity index is 813. The number of allylic oxidation sites excluding steroid dienone is 1. The molecule has 7 heteroatoms. The van der Waals surface area contributed by atoms with Gasteiger partial charge in [0.2, 0.25) is 0 Å². The monoisotopic (exact) mass is 413 g/mol. The Labute approximate surface area is 178 Å². The lowest BCUT2D eigenvalue weighted by molar-refractivity contribution is -0.141. The van der Waals surface area contributed by atoms with Gasteiger partial charge in [-0.15, -0.1) is 0 Å². The third-order valence-electron chi connectivity index (χ3n) is 4.95. The molecule has 1 fully saturated rings. The molecule has 0 spiro atoms. The fourth-order valence-corrected chi connectivity index (χ4v) is 3.67. The molecule has 1 saturated heterocycles. The maximum Gasteiger partial charge on any atom is 0.412 e. The Balaban J connectivity index is 1.82. The van der Waals surface area contributed by atoms with Crippen LogP contribution in [0.4, 0.5) is 4.79 Å². The number of esters is 1. The molecule has 7 nitrogen and oxygen atoms in total. The van der Waals surface area contributed by atoms with Crippen molar-refractivity contribution in [2.75, 3.05) is 19.7 Å². The zero-order chi connectivity index (χ0) is 21.7. The smallest absolute Gasteiger partial charge is 0.412 e. The van der Waals surface area contributed by atoms with Crippen LogP contribution in [0.3, 0.4) is 0 Å². The predicted octanol–water partition coefficient (Wildman–Crippen LogP) is 3.40. The molecule has 0 aliphatic carbocycles. The van der Waals surface area contributed by atoms with Crippen LogP contribution >= 0.6 is 0 Å². The van der Waals surface area contributed by atoms with Crippen molar-refractivity contribution in [2.24, 2.45) is 4.99 Å². The average Bonchev–Trinajstić information content (AvgIpc) is 2.67. The number of rotatable bonds is 5. The molecule has 2 aliphatic heterocycles. The lowest BCUT2D eigenvalue weighted by Crippen LogP contribution is -2.61. The Morgan fingerprint density at radius 3 is 2.57 bits per heavy atom. The number of dihydropyridines is 1. The van der Waals surface area contributed by atoms with E-state index in [9.17, 15) is 9.59 Å². The quantitative estimate of drug-likeness (QED) is 0.692. The second-order valence-electron chi connectivity index (χ2n) is 8.50. The third-order valence-corrected chi connectivity index (χ3v) is 4.95. The number of amides is 1. The maximum absolute atomic E-state index is 12.9. The van der Waals surface area contributed by atoms with Gasteiger partial charge in [-0.1, -0.05) is 36.4 Å². The second-order valence-corrected chi connectivity index (χ2v) is 8.50. The number of ether oxygens (including phenoxy) is 2. The standard InChI is InChI=1S/C23H31N3O4/c1-5-29-20(27)15-18-11-12-19-21(24-18)26(22(28)30-23(2,3)4)14-13-25(19)16-17-9-7-6-8-10-17/h6-12,19,21H,5,13-16H2,1-4H3. The highest BCUT2D eigenvalue weighted by molar-refractivity contribution is 6.06. The van der Waals surface area contributed by atoms with Crippen LogP contribution in [0.15, 0.2) is 47.5 Å². The van der Waals surface area contributed by atoms with E-state index in [4.69, 9.17) is 14.5 Å². The minimum atomic E-state index is -0.588. The predicted molar refractivity (Wildman–Crippen MR) is 115 cm³/mol. The maximum atomic E-state index is 12.9. The number of benzene rings is 1. The number of fused-ring (bicyclic) bond motifs is 1. The molecule has 1 aromatic carbocycles. The number of carbonyl (C=O) groups excluding carboxylic acids is 2. The summed E-state index contributed by atoms with van der Waals surface area (Å²) in [6, 6.07) is 10.2. The second kappa shape index (κ2) is 9.43. The van der Waals surface area contributed by atoms with Crippen LogP contribution in [0.2, 0.25) is 0 Å². The number of hydrogen-bond acceptors (Lipinski definition) is 6. The summed E-state index contributed by atoms with van der Waals surface area (Å²) in [6.45, 7) is 9.64. The molecule has 1 aromatic rings. The average molecular weight is 414 g/mol. The fraction of sp³-hybridized carbons (Fsp3) is 0.522. The van der Waals surface area contributed by atoms with Crippen molar-refractivity contribution < 1.29 is 19.1 Å². The van der Waals surface area contributed by atoms with Gasteiger partial charge in [-0.2, -0.15) is 0 Å². The molecule has 30 heavy (non-hydrogen) atoms. The van der Waals surface area contributed by atoms with Crippen LogP contribution in [0, 0.1) is 0 Å². The van der Waals surface area contributed by atoms with Gasteiger partial charge in [0.25, 0.3) is 0 Å². The first-order valence-corrected chi connectivity index (χ1v) is 10.4. The minimum absolute atomic E-state index is 0.0857. The summed E-state index contributed by atoms with van der Waals surface area (Å²) in [7, 11) is 0. The molecule has 2 heterocycles. The van der Waals surface area contributed by atoms with Crippen molar-refractivity contribution >= 4 is 17.8 Å². The van der Waals surface area contributed by atoms with Gasteiger partial charge in [-0.3, -0.25) is 19.6 Å². The van der Waals surface area contributed by atoms with Crippen molar-refractivity contribution in [2.45, 2.75) is 58.5 Å². The third kappa shape index (κ3) is 5.69. The van der Waals surface area contributed by atoms with E-state index in [1.807, 2.05) is 51.1 Å². The summed E-state index contributed by atoms with van der Waals surface area (Å²) in [6.07, 6.45) is 3.17. The molecule has 0 radical (unpaired) electrons. The summed E-state index contributed by atoms with van der Waals surface area (Å²) >= 11 is 0. The largest absolute Gasteiger partial charge is 0.466 e. The molecular weight excluding hydrogens is 382 g/mol. The zero-order valence-corrected chi connectivity index (χ0v) is 18.2. The first-order valence-electron chi connectivity index (χ1n) is 10.4. The van der Waals surface area contributed by atoms with E-state index in [2.05, 4.69) is 17.0 Å². The van der Waals surface area contributed by atoms with E-state index >= 15 is 0 Å². The molecule has 2 aliphatic rings. The van der Waals surface area contributed by atoms with Crippen molar-refractivity contribution in [1.82, 2.24) is 9.80 Å². The van der Waals surface area contributed by atoms with Gasteiger partial charge in [0.15, 0.2) is 0 Å². The van der Waals surface area contributed by atoms with Gasteiger partial charge in [0.05, 0.1) is 19.1 Å². The van der Waals surface area contributed by atoms with E-state index in [0.29, 0.717) is 25.4 Å². The van der Waals surface area contributed by atoms with Gasteiger partial charge in [0.1, 0.15) is 11.8 Å². The Kier molecular flexibility index (Phi) is 6.92. The van der Waals surface area contributed by atoms with Gasteiger partial charge in [-0.05, 0) is 39.3 Å². The first-order chi connectivity index (χ1) is 14.3. The number of carbonyl (C=O) groups is 2. The molecular formula is C23H31N3O4. The zero-order valence-electron chi connectivity index (χ0n) is 18.2. The van der Waals surface area contributed by atoms with Crippen LogP contribution in [0.5, 0.6) is 0 Å². The van der Waals surface area contributed by atoms with Gasteiger partial charge < -0.3 is 9.47 Å². The van der Waals surface area contributed by atoms with E-state index in [-0.39, 0.29) is 24.5 Å². The molecule has 162 valence electrons. The molecule has 3 rings (SSSR count). The lowest BCUT2D eigenvalue weighted by Gasteiger charge is -2.46.